The van der Waals surface area contributed by atoms with Gasteiger partial charge in [-0.1, -0.05) is 93.4 Å². The maximum Gasteiger partial charge on any atom is 0.233 e. The number of ether oxygens (including phenoxy) is 1. The maximum atomic E-state index is 14.1. The van der Waals surface area contributed by atoms with Gasteiger partial charge in [-0.05, 0) is 127 Å². The third-order valence-electron chi connectivity index (χ3n) is 14.0. The third-order valence-corrected chi connectivity index (χ3v) is 16.0. The molecule has 5 aromatic carbocycles. The van der Waals surface area contributed by atoms with Crippen molar-refractivity contribution in [1.29, 1.82) is 0 Å². The average molecular weight is 929 g/mol. The van der Waals surface area contributed by atoms with Crippen LogP contribution in [0.2, 0.25) is 0 Å². The van der Waals surface area contributed by atoms with Crippen LogP contribution in [0.5, 0.6) is 5.75 Å². The second-order valence-electron chi connectivity index (χ2n) is 18.6. The minimum absolute atomic E-state index is 0.0464. The first kappa shape index (κ1) is 49.4. The lowest BCUT2D eigenvalue weighted by Gasteiger charge is -2.48. The van der Waals surface area contributed by atoms with Crippen molar-refractivity contribution in [1.82, 2.24) is 5.32 Å². The Morgan fingerprint density at radius 2 is 1.64 bits per heavy atom. The number of anilines is 3. The summed E-state index contributed by atoms with van der Waals surface area (Å²) in [6, 6.07) is 38.2. The molecular weight excluding hydrogens is 861 g/mol. The monoisotopic (exact) mass is 928 g/mol. The van der Waals surface area contributed by atoms with E-state index >= 15 is 0 Å². The number of nitrogens with one attached hydrogen (secondary N) is 2. The smallest absolute Gasteiger partial charge is 0.233 e. The van der Waals surface area contributed by atoms with Gasteiger partial charge in [-0.15, -0.1) is 0 Å². The molecule has 2 heterocycles. The Balaban J connectivity index is 0.932. The number of sulfone groups is 1. The van der Waals surface area contributed by atoms with E-state index in [1.165, 1.54) is 0 Å². The molecule has 5 aromatic rings. The first-order valence-corrected chi connectivity index (χ1v) is 25.6. The van der Waals surface area contributed by atoms with Gasteiger partial charge in [-0.3, -0.25) is 9.59 Å². The van der Waals surface area contributed by atoms with E-state index in [0.29, 0.717) is 56.3 Å². The molecule has 0 saturated carbocycles. The van der Waals surface area contributed by atoms with E-state index in [-0.39, 0.29) is 34.4 Å². The highest BCUT2D eigenvalue weighted by atomic mass is 32.2. The molecule has 0 radical (unpaired) electrons. The molecule has 2 aliphatic rings. The van der Waals surface area contributed by atoms with E-state index in [1.807, 2.05) is 146 Å². The van der Waals surface area contributed by atoms with Crippen LogP contribution in [0.15, 0.2) is 126 Å². The second-order valence-corrected chi connectivity index (χ2v) is 20.6. The average Bonchev–Trinajstić information content (AvgIpc) is 3.40. The summed E-state index contributed by atoms with van der Waals surface area (Å²) in [7, 11) is 1.75. The fraction of sp³-hybridized carbons (Fsp3) is 0.418. The van der Waals surface area contributed by atoms with Crippen LogP contribution in [-0.4, -0.2) is 70.1 Å². The molecule has 0 spiro atoms. The Labute approximate surface area is 397 Å². The normalized spacial score (nSPS) is 21.4. The zero-order valence-corrected chi connectivity index (χ0v) is 40.5. The quantitative estimate of drug-likeness (QED) is 0.0417. The molecule has 4 N–H and O–H groups in total. The zero-order chi connectivity index (χ0) is 47.7. The fourth-order valence-corrected chi connectivity index (χ4v) is 12.3. The van der Waals surface area contributed by atoms with Crippen LogP contribution in [0.1, 0.15) is 118 Å². The van der Waals surface area contributed by atoms with Crippen LogP contribution < -0.4 is 25.2 Å². The van der Waals surface area contributed by atoms with E-state index in [0.717, 1.165) is 65.2 Å². The number of aliphatic hydroxyl groups is 2. The number of nitrogens with zero attached hydrogens (tertiary/aromatic N) is 2. The Morgan fingerprint density at radius 1 is 0.896 bits per heavy atom. The number of methoxy groups -OCH3 is 1. The summed E-state index contributed by atoms with van der Waals surface area (Å²) in [6.45, 7) is 5.42. The molecular formula is C55H68N4O7S. The predicted octanol–water partition coefficient (Wildman–Crippen LogP) is 9.74. The van der Waals surface area contributed by atoms with E-state index in [9.17, 15) is 28.2 Å². The Kier molecular flexibility index (Phi) is 16.3. The lowest BCUT2D eigenvalue weighted by molar-refractivity contribution is -0.131. The van der Waals surface area contributed by atoms with Crippen LogP contribution in [0.25, 0.3) is 0 Å². The number of aliphatic hydroxyl groups excluding tert-OH is 2. The van der Waals surface area contributed by atoms with Crippen molar-refractivity contribution in [2.24, 2.45) is 11.3 Å². The fourth-order valence-electron chi connectivity index (χ4n) is 10.1. The van der Waals surface area contributed by atoms with Crippen molar-refractivity contribution in [2.75, 3.05) is 48.6 Å². The Morgan fingerprint density at radius 3 is 2.33 bits per heavy atom. The maximum absolute atomic E-state index is 14.1. The van der Waals surface area contributed by atoms with Gasteiger partial charge in [0.1, 0.15) is 5.75 Å². The molecule has 6 atom stereocenters. The zero-order valence-electron chi connectivity index (χ0n) is 39.7. The molecule has 0 aliphatic carbocycles. The number of β-lactam (4-membered cyclic amide) rings is 1. The third kappa shape index (κ3) is 11.3. The van der Waals surface area contributed by atoms with Gasteiger partial charge in [-0.25, -0.2) is 8.42 Å². The van der Waals surface area contributed by atoms with Gasteiger partial charge < -0.3 is 35.4 Å². The van der Waals surface area contributed by atoms with Crippen LogP contribution in [0.3, 0.4) is 0 Å². The summed E-state index contributed by atoms with van der Waals surface area (Å²) in [4.78, 5) is 31.0. The van der Waals surface area contributed by atoms with Crippen molar-refractivity contribution in [3.63, 3.8) is 0 Å². The van der Waals surface area contributed by atoms with Crippen LogP contribution >= 0.6 is 0 Å². The molecule has 2 aliphatic heterocycles. The number of unbranched alkanes of at least 4 members (excludes halogenated alkanes) is 2. The Bertz CT molecular complexity index is 2550. The topological polar surface area (TPSA) is 149 Å². The number of rotatable bonds is 21. The number of hydrogen-bond acceptors (Lipinski definition) is 9. The van der Waals surface area contributed by atoms with Crippen molar-refractivity contribution in [3.8, 4) is 5.75 Å². The van der Waals surface area contributed by atoms with Gasteiger partial charge >= 0.3 is 0 Å². The molecule has 11 nitrogen and oxygen atoms in total. The minimum atomic E-state index is -3.71. The number of carbonyl (C=O) groups excluding carboxylic acids is 2. The van der Waals surface area contributed by atoms with Gasteiger partial charge in [0.15, 0.2) is 9.84 Å². The van der Waals surface area contributed by atoms with Crippen LogP contribution in [0, 0.1) is 11.3 Å². The van der Waals surface area contributed by atoms with Crippen LogP contribution in [-0.2, 0) is 26.0 Å². The minimum Gasteiger partial charge on any atom is -0.497 e. The lowest BCUT2D eigenvalue weighted by atomic mass is 9.69. The van der Waals surface area contributed by atoms with E-state index in [4.69, 9.17) is 4.74 Å². The van der Waals surface area contributed by atoms with Gasteiger partial charge in [0.2, 0.25) is 11.8 Å². The number of carbonyl (C=O) groups is 2. The SMILES string of the molecule is CCCCC1(CC)CS(=O)(=O)c2ccc(N(C)C)cc2C(c2cccc(NC(=O)CCCCNCc3ccc(N4C(=O)C(CCC(O)c5ccccc5)C4c4ccc(OC)cc4)cc3)c2)C1O. The Hall–Kier alpha value is -5.53. The van der Waals surface area contributed by atoms with Crippen molar-refractivity contribution < 1.29 is 33.0 Å². The number of hydrogen-bond donors (Lipinski definition) is 4. The number of amides is 2. The first-order chi connectivity index (χ1) is 32.3. The largest absolute Gasteiger partial charge is 0.497 e. The molecule has 2 amide bonds. The van der Waals surface area contributed by atoms with Crippen LogP contribution in [0.4, 0.5) is 17.1 Å². The van der Waals surface area contributed by atoms with Crippen molar-refractivity contribution in [2.45, 2.75) is 107 Å². The molecule has 12 heteroatoms. The highest BCUT2D eigenvalue weighted by molar-refractivity contribution is 7.91. The standard InChI is InChI=1S/C55H68N4O7S/c1-6-8-32-55(7-2)37-67(64,65)49-31-26-44(58(3)4)35-47(49)51(53(55)62)41-17-14-18-42(34-41)57-50(61)19-12-13-33-56-36-38-20-24-43(25-21-38)59-52(40-22-27-45(66-5)28-23-40)46(54(59)63)29-30-48(60)39-15-10-9-11-16-39/h9-11,14-18,20-28,31,34-35,46,48,51-53,56,60,62H,6-8,12-13,19,29-30,32-33,36-37H2,1-5H3,(H,57,61). The number of fused-ring (bicyclic) bond motifs is 1. The summed E-state index contributed by atoms with van der Waals surface area (Å²) in [5.74, 6) is -0.291. The molecule has 67 heavy (non-hydrogen) atoms. The number of benzene rings is 5. The summed E-state index contributed by atoms with van der Waals surface area (Å²) in [6.07, 6.45) is 4.09. The van der Waals surface area contributed by atoms with Crippen molar-refractivity contribution >= 4 is 38.7 Å². The molecule has 356 valence electrons. The highest BCUT2D eigenvalue weighted by Crippen LogP contribution is 2.50. The molecule has 6 unspecified atom stereocenters. The van der Waals surface area contributed by atoms with Gasteiger partial charge in [0, 0.05) is 55.5 Å². The molecule has 7 rings (SSSR count). The highest BCUT2D eigenvalue weighted by Gasteiger charge is 2.50. The summed E-state index contributed by atoms with van der Waals surface area (Å²) < 4.78 is 33.5. The van der Waals surface area contributed by atoms with Gasteiger partial charge in [0.25, 0.3) is 0 Å². The van der Waals surface area contributed by atoms with Crippen molar-refractivity contribution in [3.05, 3.63) is 149 Å². The summed E-state index contributed by atoms with van der Waals surface area (Å²) >= 11 is 0. The molecule has 0 bridgehead atoms. The summed E-state index contributed by atoms with van der Waals surface area (Å²) in [5.41, 5.74) is 5.76. The van der Waals surface area contributed by atoms with Gasteiger partial charge in [-0.2, -0.15) is 0 Å². The first-order valence-electron chi connectivity index (χ1n) is 23.9. The second kappa shape index (κ2) is 22.1. The van der Waals surface area contributed by atoms with E-state index in [2.05, 4.69) is 17.6 Å². The lowest BCUT2D eigenvalue weighted by Crippen LogP contribution is -2.55. The molecule has 1 saturated heterocycles. The molecule has 0 aromatic heterocycles. The van der Waals surface area contributed by atoms with E-state index < -0.39 is 33.4 Å². The van der Waals surface area contributed by atoms with Gasteiger partial charge in [0.05, 0.1) is 41.9 Å². The predicted molar refractivity (Wildman–Crippen MR) is 267 cm³/mol. The van der Waals surface area contributed by atoms with E-state index in [1.54, 1.807) is 13.2 Å². The summed E-state index contributed by atoms with van der Waals surface area (Å²) in [5, 5.41) is 29.8. The molecule has 1 fully saturated rings.